The van der Waals surface area contributed by atoms with Crippen LogP contribution in [0.3, 0.4) is 0 Å². The van der Waals surface area contributed by atoms with Gasteiger partial charge in [0.05, 0.1) is 11.3 Å². The Labute approximate surface area is 72.5 Å². The molecule has 11 heavy (non-hydrogen) atoms. The highest BCUT2D eigenvalue weighted by molar-refractivity contribution is 7.13. The summed E-state index contributed by atoms with van der Waals surface area (Å²) in [6.45, 7) is 0. The maximum atomic E-state index is 10.3. The number of halogens is 1. The Morgan fingerprint density at radius 2 is 2.55 bits per heavy atom. The van der Waals surface area contributed by atoms with E-state index in [4.69, 9.17) is 17.3 Å². The summed E-state index contributed by atoms with van der Waals surface area (Å²) in [5.41, 5.74) is 7.40. The van der Waals surface area contributed by atoms with Crippen LogP contribution in [0.5, 0.6) is 0 Å². The third kappa shape index (κ3) is 1.78. The van der Waals surface area contributed by atoms with Crippen molar-refractivity contribution in [1.29, 1.82) is 0 Å². The summed E-state index contributed by atoms with van der Waals surface area (Å²) < 4.78 is 0. The van der Waals surface area contributed by atoms with Crippen LogP contribution in [0.1, 0.15) is 5.69 Å². The highest BCUT2D eigenvalue weighted by Crippen LogP contribution is 2.17. The number of nitrogen functional groups attached to an aromatic ring is 1. The summed E-state index contributed by atoms with van der Waals surface area (Å²) in [6, 6.07) is 0. The molecule has 0 amide bonds. The Bertz CT molecular complexity index is 295. The van der Waals surface area contributed by atoms with Crippen LogP contribution in [0.15, 0.2) is 10.9 Å². The average Bonchev–Trinajstić information content (AvgIpc) is 2.39. The lowest BCUT2D eigenvalue weighted by molar-refractivity contribution is -0.103. The molecule has 5 heteroatoms. The van der Waals surface area contributed by atoms with Gasteiger partial charge in [-0.3, -0.25) is 4.79 Å². The van der Waals surface area contributed by atoms with Crippen LogP contribution >= 0.6 is 22.9 Å². The Kier molecular flexibility index (Phi) is 2.62. The fourth-order valence-electron chi connectivity index (χ4n) is 0.562. The molecule has 1 heterocycles. The molecule has 0 saturated heterocycles. The lowest BCUT2D eigenvalue weighted by Gasteiger charge is -1.87. The molecule has 58 valence electrons. The number of allylic oxidation sites excluding steroid dienone is 1. The molecule has 3 nitrogen and oxygen atoms in total. The van der Waals surface area contributed by atoms with Crippen LogP contribution in [0.4, 0.5) is 5.13 Å². The molecule has 0 aliphatic rings. The van der Waals surface area contributed by atoms with Gasteiger partial charge in [0.15, 0.2) is 11.4 Å². The maximum Gasteiger partial charge on any atom is 0.180 e. The van der Waals surface area contributed by atoms with Crippen LogP contribution in [-0.4, -0.2) is 11.3 Å². The van der Waals surface area contributed by atoms with Crippen molar-refractivity contribution >= 4 is 39.9 Å². The van der Waals surface area contributed by atoms with E-state index in [-0.39, 0.29) is 0 Å². The molecule has 1 aromatic heterocycles. The maximum absolute atomic E-state index is 10.3. The minimum atomic E-state index is 0.347. The Balaban J connectivity index is 3.00. The predicted molar refractivity (Wildman–Crippen MR) is 46.4 cm³/mol. The molecular weight excluding hydrogens is 184 g/mol. The molecule has 0 saturated carbocycles. The van der Waals surface area contributed by atoms with Crippen LogP contribution < -0.4 is 5.73 Å². The Morgan fingerprint density at radius 3 is 2.91 bits per heavy atom. The van der Waals surface area contributed by atoms with E-state index in [9.17, 15) is 4.79 Å². The van der Waals surface area contributed by atoms with Gasteiger partial charge in [-0.15, -0.1) is 11.3 Å². The number of anilines is 1. The Hall–Kier alpha value is -0.870. The fraction of sp³-hybridized carbons (Fsp3) is 0. The number of thiazole rings is 1. The molecule has 1 rings (SSSR count). The van der Waals surface area contributed by atoms with E-state index in [0.29, 0.717) is 22.7 Å². The summed E-state index contributed by atoms with van der Waals surface area (Å²) in [6.07, 6.45) is 0.640. The minimum absolute atomic E-state index is 0.347. The highest BCUT2D eigenvalue weighted by Gasteiger charge is 2.02. The largest absolute Gasteiger partial charge is 0.375 e. The topological polar surface area (TPSA) is 56.0 Å². The normalized spacial score (nSPS) is 11.5. The van der Waals surface area contributed by atoms with Gasteiger partial charge in [0, 0.05) is 10.9 Å². The first-order chi connectivity index (χ1) is 5.27. The van der Waals surface area contributed by atoms with E-state index < -0.39 is 0 Å². The molecule has 0 spiro atoms. The van der Waals surface area contributed by atoms with Gasteiger partial charge < -0.3 is 5.73 Å². The molecule has 0 aliphatic heterocycles. The van der Waals surface area contributed by atoms with Crippen molar-refractivity contribution in [1.82, 2.24) is 4.98 Å². The van der Waals surface area contributed by atoms with Crippen molar-refractivity contribution in [2.45, 2.75) is 0 Å². The lowest BCUT2D eigenvalue weighted by atomic mass is 10.3. The number of rotatable bonds is 2. The number of nitrogens with two attached hydrogens (primary N) is 1. The second kappa shape index (κ2) is 3.50. The van der Waals surface area contributed by atoms with Crippen LogP contribution in [0, 0.1) is 0 Å². The van der Waals surface area contributed by atoms with Gasteiger partial charge in [-0.2, -0.15) is 0 Å². The molecule has 0 fully saturated rings. The van der Waals surface area contributed by atoms with Gasteiger partial charge in [0.25, 0.3) is 0 Å². The van der Waals surface area contributed by atoms with Gasteiger partial charge in [0.1, 0.15) is 0 Å². The third-order valence-electron chi connectivity index (χ3n) is 1.06. The third-order valence-corrected chi connectivity index (χ3v) is 1.97. The molecule has 2 N–H and O–H groups in total. The van der Waals surface area contributed by atoms with Crippen molar-refractivity contribution in [3.8, 4) is 0 Å². The molecule has 0 atom stereocenters. The summed E-state index contributed by atoms with van der Waals surface area (Å²) in [5.74, 6) is 0. The van der Waals surface area contributed by atoms with Gasteiger partial charge in [-0.25, -0.2) is 4.98 Å². The van der Waals surface area contributed by atoms with E-state index >= 15 is 0 Å². The van der Waals surface area contributed by atoms with Gasteiger partial charge in [-0.1, -0.05) is 11.6 Å². The predicted octanol–water partition coefficient (Wildman–Crippen LogP) is 1.50. The standard InChI is InChI=1S/C6H5ClN2OS/c7-1-4(2-10)5-3-11-6(8)9-5/h1-3H,(H2,8,9). The summed E-state index contributed by atoms with van der Waals surface area (Å²) in [7, 11) is 0. The first-order valence-corrected chi connectivity index (χ1v) is 4.06. The molecule has 1 aromatic rings. The second-order valence-electron chi connectivity index (χ2n) is 1.75. The van der Waals surface area contributed by atoms with E-state index in [2.05, 4.69) is 4.98 Å². The van der Waals surface area contributed by atoms with Crippen LogP contribution in [0.2, 0.25) is 0 Å². The smallest absolute Gasteiger partial charge is 0.180 e. The lowest BCUT2D eigenvalue weighted by Crippen LogP contribution is -1.87. The molecule has 0 unspecified atom stereocenters. The zero-order valence-corrected chi connectivity index (χ0v) is 7.02. The van der Waals surface area contributed by atoms with E-state index in [1.54, 1.807) is 5.38 Å². The first-order valence-electron chi connectivity index (χ1n) is 2.75. The van der Waals surface area contributed by atoms with Crippen molar-refractivity contribution in [2.24, 2.45) is 0 Å². The SMILES string of the molecule is Nc1nc(C(C=O)=CCl)cs1. The molecule has 0 bridgehead atoms. The summed E-state index contributed by atoms with van der Waals surface area (Å²) in [4.78, 5) is 14.2. The van der Waals surface area contributed by atoms with Crippen molar-refractivity contribution in [3.63, 3.8) is 0 Å². The second-order valence-corrected chi connectivity index (χ2v) is 2.86. The van der Waals surface area contributed by atoms with Gasteiger partial charge in [0.2, 0.25) is 0 Å². The monoisotopic (exact) mass is 188 g/mol. The zero-order valence-electron chi connectivity index (χ0n) is 5.45. The highest BCUT2D eigenvalue weighted by atomic mass is 35.5. The number of carbonyl (C=O) groups is 1. The van der Waals surface area contributed by atoms with E-state index in [1.807, 2.05) is 0 Å². The molecular formula is C6H5ClN2OS. The number of nitrogens with zero attached hydrogens (tertiary/aromatic N) is 1. The summed E-state index contributed by atoms with van der Waals surface area (Å²) in [5, 5.41) is 2.11. The number of carbonyl (C=O) groups excluding carboxylic acids is 1. The van der Waals surface area contributed by atoms with Crippen LogP contribution in [0.25, 0.3) is 5.57 Å². The number of hydrogen-bond acceptors (Lipinski definition) is 4. The van der Waals surface area contributed by atoms with Crippen molar-refractivity contribution in [2.75, 3.05) is 5.73 Å². The fourth-order valence-corrected chi connectivity index (χ4v) is 1.30. The summed E-state index contributed by atoms with van der Waals surface area (Å²) >= 11 is 6.61. The number of aromatic nitrogens is 1. The first kappa shape index (κ1) is 8.23. The molecule has 0 aliphatic carbocycles. The average molecular weight is 189 g/mol. The molecule has 0 radical (unpaired) electrons. The van der Waals surface area contributed by atoms with E-state index in [1.165, 1.54) is 16.9 Å². The Morgan fingerprint density at radius 1 is 1.82 bits per heavy atom. The molecule has 0 aromatic carbocycles. The van der Waals surface area contributed by atoms with Gasteiger partial charge in [-0.05, 0) is 0 Å². The van der Waals surface area contributed by atoms with E-state index in [0.717, 1.165) is 0 Å². The van der Waals surface area contributed by atoms with Crippen molar-refractivity contribution < 1.29 is 4.79 Å². The van der Waals surface area contributed by atoms with Gasteiger partial charge >= 0.3 is 0 Å². The van der Waals surface area contributed by atoms with Crippen LogP contribution in [-0.2, 0) is 4.79 Å². The number of hydrogen-bond donors (Lipinski definition) is 1. The number of aldehydes is 1. The zero-order chi connectivity index (χ0) is 8.27. The minimum Gasteiger partial charge on any atom is -0.375 e. The van der Waals surface area contributed by atoms with Crippen molar-refractivity contribution in [3.05, 3.63) is 16.6 Å². The quantitative estimate of drug-likeness (QED) is 0.565.